The standard InChI is InChI=1S/C19H20N2O7/c1-10(18(25)21-8-16(22)20-9-17(23)24)27-11-5-6-13-12-3-2-4-14(12)19(26)28-15(13)7-11/h5-7,10H,2-4,8-9H2,1H3,(H,20,22)(H,21,25)(H,23,24)/t10-/m0/s1. The normalized spacial score (nSPS) is 13.6. The van der Waals surface area contributed by atoms with Crippen LogP contribution < -0.4 is 21.0 Å². The quantitative estimate of drug-likeness (QED) is 0.583. The van der Waals surface area contributed by atoms with E-state index in [1.165, 1.54) is 6.92 Å². The fourth-order valence-corrected chi connectivity index (χ4v) is 3.14. The average Bonchev–Trinajstić information content (AvgIpc) is 3.15. The molecule has 9 heteroatoms. The lowest BCUT2D eigenvalue weighted by Gasteiger charge is -2.15. The summed E-state index contributed by atoms with van der Waals surface area (Å²) in [5.74, 6) is -1.98. The summed E-state index contributed by atoms with van der Waals surface area (Å²) in [5, 5.41) is 13.9. The third-order valence-corrected chi connectivity index (χ3v) is 4.49. The van der Waals surface area contributed by atoms with Gasteiger partial charge in [-0.25, -0.2) is 4.79 Å². The van der Waals surface area contributed by atoms with E-state index in [9.17, 15) is 19.2 Å². The second-order valence-corrected chi connectivity index (χ2v) is 6.51. The smallest absolute Gasteiger partial charge is 0.339 e. The van der Waals surface area contributed by atoms with Crippen molar-refractivity contribution in [2.45, 2.75) is 32.3 Å². The molecule has 0 saturated heterocycles. The maximum Gasteiger partial charge on any atom is 0.339 e. The molecule has 0 spiro atoms. The number of aryl methyl sites for hydroxylation is 1. The Labute approximate surface area is 159 Å². The highest BCUT2D eigenvalue weighted by Gasteiger charge is 2.21. The molecule has 0 radical (unpaired) electrons. The number of hydrogen-bond acceptors (Lipinski definition) is 6. The van der Waals surface area contributed by atoms with E-state index in [0.29, 0.717) is 11.3 Å². The maximum absolute atomic E-state index is 12.1. The SMILES string of the molecule is C[C@H](Oc1ccc2c3c(c(=O)oc2c1)CCC3)C(=O)NCC(=O)NCC(=O)O. The zero-order chi connectivity index (χ0) is 20.3. The summed E-state index contributed by atoms with van der Waals surface area (Å²) in [6, 6.07) is 5.07. The van der Waals surface area contributed by atoms with Crippen LogP contribution >= 0.6 is 0 Å². The molecule has 0 aliphatic heterocycles. The van der Waals surface area contributed by atoms with Crippen LogP contribution in [0.4, 0.5) is 0 Å². The first kappa shape index (κ1) is 19.4. The maximum atomic E-state index is 12.1. The fourth-order valence-electron chi connectivity index (χ4n) is 3.14. The third kappa shape index (κ3) is 4.30. The number of amides is 2. The Morgan fingerprint density at radius 3 is 2.68 bits per heavy atom. The average molecular weight is 388 g/mol. The van der Waals surface area contributed by atoms with E-state index >= 15 is 0 Å². The Kier molecular flexibility index (Phi) is 5.62. The molecule has 1 aliphatic rings. The Bertz CT molecular complexity index is 996. The van der Waals surface area contributed by atoms with Crippen molar-refractivity contribution in [1.82, 2.24) is 10.6 Å². The number of ether oxygens (including phenoxy) is 1. The molecule has 3 N–H and O–H groups in total. The van der Waals surface area contributed by atoms with Crippen molar-refractivity contribution in [1.29, 1.82) is 0 Å². The van der Waals surface area contributed by atoms with Gasteiger partial charge < -0.3 is 24.9 Å². The van der Waals surface area contributed by atoms with Crippen LogP contribution in [0.25, 0.3) is 11.0 Å². The highest BCUT2D eigenvalue weighted by molar-refractivity contribution is 5.88. The molecule has 1 heterocycles. The van der Waals surface area contributed by atoms with Gasteiger partial charge in [0, 0.05) is 17.0 Å². The van der Waals surface area contributed by atoms with E-state index in [4.69, 9.17) is 14.3 Å². The molecule has 1 aromatic carbocycles. The van der Waals surface area contributed by atoms with Gasteiger partial charge in [-0.1, -0.05) is 0 Å². The van der Waals surface area contributed by atoms with Crippen LogP contribution in [-0.4, -0.2) is 42.1 Å². The summed E-state index contributed by atoms with van der Waals surface area (Å²) in [7, 11) is 0. The summed E-state index contributed by atoms with van der Waals surface area (Å²) in [4.78, 5) is 45.9. The van der Waals surface area contributed by atoms with E-state index in [1.54, 1.807) is 12.1 Å². The number of rotatable bonds is 7. The summed E-state index contributed by atoms with van der Waals surface area (Å²) >= 11 is 0. The summed E-state index contributed by atoms with van der Waals surface area (Å²) < 4.78 is 10.9. The first-order valence-electron chi connectivity index (χ1n) is 8.86. The zero-order valence-electron chi connectivity index (χ0n) is 15.2. The van der Waals surface area contributed by atoms with Crippen molar-refractivity contribution in [3.8, 4) is 5.75 Å². The number of carbonyl (C=O) groups excluding carboxylic acids is 2. The number of hydrogen-bond donors (Lipinski definition) is 3. The van der Waals surface area contributed by atoms with Gasteiger partial charge in [-0.15, -0.1) is 0 Å². The molecule has 28 heavy (non-hydrogen) atoms. The summed E-state index contributed by atoms with van der Waals surface area (Å²) in [6.07, 6.45) is 1.57. The van der Waals surface area contributed by atoms with Crippen LogP contribution in [0.15, 0.2) is 27.4 Å². The van der Waals surface area contributed by atoms with Gasteiger partial charge in [0.15, 0.2) is 6.10 Å². The summed E-state index contributed by atoms with van der Waals surface area (Å²) in [6.45, 7) is 0.624. The Morgan fingerprint density at radius 2 is 1.93 bits per heavy atom. The van der Waals surface area contributed by atoms with Gasteiger partial charge >= 0.3 is 11.6 Å². The van der Waals surface area contributed by atoms with Crippen molar-refractivity contribution in [2.75, 3.05) is 13.1 Å². The second-order valence-electron chi connectivity index (χ2n) is 6.51. The minimum Gasteiger partial charge on any atom is -0.481 e. The van der Waals surface area contributed by atoms with Crippen LogP contribution in [0.3, 0.4) is 0 Å². The van der Waals surface area contributed by atoms with Gasteiger partial charge in [0.2, 0.25) is 5.91 Å². The van der Waals surface area contributed by atoms with E-state index in [1.807, 2.05) is 6.07 Å². The minimum absolute atomic E-state index is 0.338. The molecule has 1 aromatic heterocycles. The van der Waals surface area contributed by atoms with Crippen LogP contribution in [0.2, 0.25) is 0 Å². The van der Waals surface area contributed by atoms with Crippen molar-refractivity contribution >= 4 is 28.8 Å². The van der Waals surface area contributed by atoms with Crippen molar-refractivity contribution in [3.63, 3.8) is 0 Å². The Balaban J connectivity index is 1.63. The van der Waals surface area contributed by atoms with Gasteiger partial charge in [0.25, 0.3) is 5.91 Å². The number of carboxylic acid groups (broad SMARTS) is 1. The van der Waals surface area contributed by atoms with Crippen molar-refractivity contribution in [3.05, 3.63) is 39.7 Å². The van der Waals surface area contributed by atoms with Gasteiger partial charge in [0.05, 0.1) is 6.54 Å². The molecule has 0 bridgehead atoms. The minimum atomic E-state index is -1.18. The second kappa shape index (κ2) is 8.12. The van der Waals surface area contributed by atoms with Crippen molar-refractivity contribution < 1.29 is 28.6 Å². The number of carboxylic acids is 1. The van der Waals surface area contributed by atoms with E-state index in [2.05, 4.69) is 10.6 Å². The predicted octanol–water partition coefficient (Wildman–Crippen LogP) is 0.366. The lowest BCUT2D eigenvalue weighted by molar-refractivity contribution is -0.137. The highest BCUT2D eigenvalue weighted by Crippen LogP contribution is 2.29. The predicted molar refractivity (Wildman–Crippen MR) is 98.3 cm³/mol. The molecule has 0 fully saturated rings. The molecule has 1 aliphatic carbocycles. The van der Waals surface area contributed by atoms with Gasteiger partial charge in [-0.3, -0.25) is 14.4 Å². The highest BCUT2D eigenvalue weighted by atomic mass is 16.5. The first-order valence-corrected chi connectivity index (χ1v) is 8.86. The molecule has 2 amide bonds. The molecule has 148 valence electrons. The Hall–Kier alpha value is -3.36. The Morgan fingerprint density at radius 1 is 1.18 bits per heavy atom. The van der Waals surface area contributed by atoms with Crippen LogP contribution in [-0.2, 0) is 27.2 Å². The van der Waals surface area contributed by atoms with Gasteiger partial charge in [-0.2, -0.15) is 0 Å². The number of fused-ring (bicyclic) bond motifs is 3. The molecule has 9 nitrogen and oxygen atoms in total. The van der Waals surface area contributed by atoms with Gasteiger partial charge in [-0.05, 0) is 43.9 Å². The molecular formula is C19H20N2O7. The molecule has 0 saturated carbocycles. The lowest BCUT2D eigenvalue weighted by Crippen LogP contribution is -2.43. The third-order valence-electron chi connectivity index (χ3n) is 4.49. The van der Waals surface area contributed by atoms with Crippen LogP contribution in [0, 0.1) is 0 Å². The topological polar surface area (TPSA) is 135 Å². The number of benzene rings is 1. The molecule has 1 atom stereocenters. The molecular weight excluding hydrogens is 368 g/mol. The lowest BCUT2D eigenvalue weighted by atomic mass is 10.1. The number of aliphatic carboxylic acids is 1. The fraction of sp³-hybridized carbons (Fsp3) is 0.368. The van der Waals surface area contributed by atoms with Crippen LogP contribution in [0.5, 0.6) is 5.75 Å². The first-order chi connectivity index (χ1) is 13.3. The van der Waals surface area contributed by atoms with E-state index < -0.39 is 30.4 Å². The molecule has 2 aromatic rings. The molecule has 0 unspecified atom stereocenters. The van der Waals surface area contributed by atoms with Crippen LogP contribution in [0.1, 0.15) is 24.5 Å². The monoisotopic (exact) mass is 388 g/mol. The van der Waals surface area contributed by atoms with E-state index in [-0.39, 0.29) is 12.2 Å². The number of nitrogens with one attached hydrogen (secondary N) is 2. The summed E-state index contributed by atoms with van der Waals surface area (Å²) in [5.41, 5.74) is 1.81. The largest absolute Gasteiger partial charge is 0.481 e. The van der Waals surface area contributed by atoms with E-state index in [0.717, 1.165) is 35.8 Å². The zero-order valence-corrected chi connectivity index (χ0v) is 15.2. The van der Waals surface area contributed by atoms with Crippen molar-refractivity contribution in [2.24, 2.45) is 0 Å². The van der Waals surface area contributed by atoms with Gasteiger partial charge in [0.1, 0.15) is 17.9 Å². The molecule has 3 rings (SSSR count). The number of carbonyl (C=O) groups is 3.